The quantitative estimate of drug-likeness (QED) is 0.518. The summed E-state index contributed by atoms with van der Waals surface area (Å²) in [7, 11) is 0. The number of nitrogens with zero attached hydrogens (tertiary/aromatic N) is 1. The Labute approximate surface area is 166 Å². The zero-order valence-corrected chi connectivity index (χ0v) is 16.1. The minimum absolute atomic E-state index is 0.187. The van der Waals surface area contributed by atoms with E-state index in [0.29, 0.717) is 27.9 Å². The van der Waals surface area contributed by atoms with E-state index in [2.05, 4.69) is 15.6 Å². The molecule has 0 radical (unpaired) electrons. The number of benzene rings is 1. The van der Waals surface area contributed by atoms with Crippen LogP contribution in [0, 0.1) is 5.82 Å². The maximum atomic E-state index is 13.1. The fourth-order valence-electron chi connectivity index (χ4n) is 2.17. The highest BCUT2D eigenvalue weighted by atomic mass is 35.5. The van der Waals surface area contributed by atoms with Crippen molar-refractivity contribution in [3.63, 3.8) is 0 Å². The second kappa shape index (κ2) is 8.47. The van der Waals surface area contributed by atoms with Crippen LogP contribution in [0.15, 0.2) is 35.7 Å². The van der Waals surface area contributed by atoms with E-state index < -0.39 is 11.8 Å². The van der Waals surface area contributed by atoms with E-state index in [9.17, 15) is 14.0 Å². The predicted octanol–water partition coefficient (Wildman–Crippen LogP) is 4.49. The summed E-state index contributed by atoms with van der Waals surface area (Å²) in [5.41, 5.74) is 1.00. The number of halogens is 2. The third kappa shape index (κ3) is 5.25. The summed E-state index contributed by atoms with van der Waals surface area (Å²) in [5.74, 6) is -1.70. The van der Waals surface area contributed by atoms with Gasteiger partial charge in [0.2, 0.25) is 0 Å². The van der Waals surface area contributed by atoms with Crippen molar-refractivity contribution in [2.24, 2.45) is 0 Å². The third-order valence-corrected chi connectivity index (χ3v) is 5.58. The molecule has 2 aromatic heterocycles. The van der Waals surface area contributed by atoms with Crippen LogP contribution in [-0.4, -0.2) is 22.0 Å². The number of carbonyl (C=O) groups excluding carboxylic acids is 1. The number of thiazole rings is 1. The van der Waals surface area contributed by atoms with Crippen LogP contribution in [0.25, 0.3) is 0 Å². The van der Waals surface area contributed by atoms with Crippen LogP contribution in [0.2, 0.25) is 5.02 Å². The number of nitrogens with one attached hydrogen (secondary N) is 2. The Bertz CT molecular complexity index is 989. The number of carboxylic acids is 1. The van der Waals surface area contributed by atoms with Crippen molar-refractivity contribution < 1.29 is 19.1 Å². The highest BCUT2D eigenvalue weighted by Gasteiger charge is 2.13. The highest BCUT2D eigenvalue weighted by molar-refractivity contribution is 7.15. The van der Waals surface area contributed by atoms with E-state index in [0.717, 1.165) is 4.88 Å². The minimum Gasteiger partial charge on any atom is -0.481 e. The first-order valence-electron chi connectivity index (χ1n) is 7.66. The Morgan fingerprint density at radius 3 is 2.81 bits per heavy atom. The van der Waals surface area contributed by atoms with Gasteiger partial charge in [-0.05, 0) is 30.3 Å². The molecule has 0 atom stereocenters. The summed E-state index contributed by atoms with van der Waals surface area (Å²) in [5, 5.41) is 16.7. The molecule has 3 aromatic rings. The fraction of sp³-hybridized carbons (Fsp3) is 0.118. The topological polar surface area (TPSA) is 91.3 Å². The summed E-state index contributed by atoms with van der Waals surface area (Å²) in [6.07, 6.45) is -0.187. The van der Waals surface area contributed by atoms with Gasteiger partial charge in [0.15, 0.2) is 5.13 Å². The van der Waals surface area contributed by atoms with E-state index in [1.165, 1.54) is 34.8 Å². The zero-order chi connectivity index (χ0) is 19.4. The molecule has 10 heteroatoms. The lowest BCUT2D eigenvalue weighted by Gasteiger charge is -2.06. The van der Waals surface area contributed by atoms with Crippen molar-refractivity contribution in [2.45, 2.75) is 13.0 Å². The lowest BCUT2D eigenvalue weighted by atomic mass is 10.3. The molecule has 1 amide bonds. The number of carbonyl (C=O) groups is 2. The molecule has 3 N–H and O–H groups in total. The summed E-state index contributed by atoms with van der Waals surface area (Å²) < 4.78 is 13.1. The molecule has 0 spiro atoms. The Morgan fingerprint density at radius 1 is 1.26 bits per heavy atom. The minimum atomic E-state index is -0.977. The van der Waals surface area contributed by atoms with Gasteiger partial charge >= 0.3 is 5.97 Å². The number of amides is 1. The molecular weight excluding hydrogens is 413 g/mol. The lowest BCUT2D eigenvalue weighted by Crippen LogP contribution is -2.10. The van der Waals surface area contributed by atoms with Crippen molar-refractivity contribution in [3.05, 3.63) is 62.0 Å². The second-order valence-electron chi connectivity index (χ2n) is 5.41. The van der Waals surface area contributed by atoms with Crippen LogP contribution in [0.5, 0.6) is 0 Å². The van der Waals surface area contributed by atoms with E-state index in [1.54, 1.807) is 17.5 Å². The molecule has 0 aliphatic rings. The zero-order valence-electron chi connectivity index (χ0n) is 13.7. The van der Waals surface area contributed by atoms with Gasteiger partial charge in [-0.3, -0.25) is 14.9 Å². The van der Waals surface area contributed by atoms with Gasteiger partial charge in [-0.1, -0.05) is 11.6 Å². The van der Waals surface area contributed by atoms with Crippen molar-refractivity contribution in [2.75, 3.05) is 10.6 Å². The Balaban J connectivity index is 1.58. The molecule has 0 unspecified atom stereocenters. The summed E-state index contributed by atoms with van der Waals surface area (Å²) in [4.78, 5) is 28.4. The molecule has 3 rings (SSSR count). The molecule has 6 nitrogen and oxygen atoms in total. The van der Waals surface area contributed by atoms with E-state index >= 15 is 0 Å². The maximum Gasteiger partial charge on any atom is 0.309 e. The molecule has 27 heavy (non-hydrogen) atoms. The number of aromatic nitrogens is 1. The van der Waals surface area contributed by atoms with Crippen molar-refractivity contribution in [1.29, 1.82) is 0 Å². The number of aliphatic carboxylic acids is 1. The molecular formula is C17H13ClFN3O3S2. The van der Waals surface area contributed by atoms with Crippen LogP contribution in [0.1, 0.15) is 20.2 Å². The van der Waals surface area contributed by atoms with Gasteiger partial charge in [0.25, 0.3) is 5.91 Å². The summed E-state index contributed by atoms with van der Waals surface area (Å²) >= 11 is 8.44. The number of thiophene rings is 1. The van der Waals surface area contributed by atoms with E-state index in [4.69, 9.17) is 16.7 Å². The predicted molar refractivity (Wildman–Crippen MR) is 104 cm³/mol. The van der Waals surface area contributed by atoms with Crippen LogP contribution >= 0.6 is 34.3 Å². The number of hydrogen-bond donors (Lipinski definition) is 3. The van der Waals surface area contributed by atoms with E-state index in [1.807, 2.05) is 6.07 Å². The van der Waals surface area contributed by atoms with Gasteiger partial charge in [0.1, 0.15) is 5.82 Å². The number of anilines is 2. The largest absolute Gasteiger partial charge is 0.481 e. The highest BCUT2D eigenvalue weighted by Crippen LogP contribution is 2.25. The van der Waals surface area contributed by atoms with Crippen molar-refractivity contribution >= 4 is 57.0 Å². The van der Waals surface area contributed by atoms with Crippen molar-refractivity contribution in [3.8, 4) is 0 Å². The maximum absolute atomic E-state index is 13.1. The first-order valence-corrected chi connectivity index (χ1v) is 9.73. The van der Waals surface area contributed by atoms with Gasteiger partial charge in [0, 0.05) is 16.8 Å². The SMILES string of the molecule is O=C(O)Cc1csc(NC(=O)c2ccc(CNc3ccc(F)cc3Cl)s2)n1. The number of rotatable bonds is 7. The summed E-state index contributed by atoms with van der Waals surface area (Å²) in [6, 6.07) is 7.59. The van der Waals surface area contributed by atoms with Gasteiger partial charge in [-0.2, -0.15) is 0 Å². The Hall–Kier alpha value is -2.49. The average Bonchev–Trinajstić information content (AvgIpc) is 3.23. The first-order chi connectivity index (χ1) is 12.9. The Morgan fingerprint density at radius 2 is 2.07 bits per heavy atom. The van der Waals surface area contributed by atoms with Crippen LogP contribution in [-0.2, 0) is 17.8 Å². The standard InChI is InChI=1S/C17H13ClFN3O3S2/c18-12-5-9(19)1-3-13(12)20-7-11-2-4-14(27-11)16(25)22-17-21-10(8-26-17)6-15(23)24/h1-5,8,20H,6-7H2,(H,23,24)(H,21,22,25). The number of carboxylic acid groups (broad SMARTS) is 1. The van der Waals surface area contributed by atoms with E-state index in [-0.39, 0.29) is 17.4 Å². The molecule has 0 fully saturated rings. The van der Waals surface area contributed by atoms with Crippen LogP contribution < -0.4 is 10.6 Å². The van der Waals surface area contributed by atoms with Crippen molar-refractivity contribution in [1.82, 2.24) is 4.98 Å². The van der Waals surface area contributed by atoms with Gasteiger partial charge in [-0.15, -0.1) is 22.7 Å². The molecule has 0 aliphatic heterocycles. The molecule has 0 saturated heterocycles. The smallest absolute Gasteiger partial charge is 0.309 e. The summed E-state index contributed by atoms with van der Waals surface area (Å²) in [6.45, 7) is 0.434. The Kier molecular flexibility index (Phi) is 6.04. The molecule has 0 aliphatic carbocycles. The monoisotopic (exact) mass is 425 g/mol. The molecule has 140 valence electrons. The second-order valence-corrected chi connectivity index (χ2v) is 7.85. The molecule has 0 saturated carbocycles. The normalized spacial score (nSPS) is 10.6. The van der Waals surface area contributed by atoms with Gasteiger partial charge in [0.05, 0.1) is 27.7 Å². The number of hydrogen-bond acceptors (Lipinski definition) is 6. The van der Waals surface area contributed by atoms with Gasteiger partial charge in [-0.25, -0.2) is 9.37 Å². The molecule has 0 bridgehead atoms. The molecule has 1 aromatic carbocycles. The lowest BCUT2D eigenvalue weighted by molar-refractivity contribution is -0.136. The van der Waals surface area contributed by atoms with Crippen LogP contribution in [0.4, 0.5) is 15.2 Å². The third-order valence-electron chi connectivity index (χ3n) is 3.37. The fourth-order valence-corrected chi connectivity index (χ4v) is 3.95. The van der Waals surface area contributed by atoms with Gasteiger partial charge < -0.3 is 10.4 Å². The van der Waals surface area contributed by atoms with Crippen LogP contribution in [0.3, 0.4) is 0 Å². The first kappa shape index (κ1) is 19.3. The average molecular weight is 426 g/mol. The molecule has 2 heterocycles.